The van der Waals surface area contributed by atoms with Crippen LogP contribution in [-0.4, -0.2) is 4.98 Å². The zero-order valence-corrected chi connectivity index (χ0v) is 8.13. The highest BCUT2D eigenvalue weighted by atomic mass is 19.3. The van der Waals surface area contributed by atoms with Gasteiger partial charge in [-0.1, -0.05) is 0 Å². The smallest absolute Gasteiger partial charge is 0.260 e. The summed E-state index contributed by atoms with van der Waals surface area (Å²) in [7, 11) is 0. The third-order valence-electron chi connectivity index (χ3n) is 2.74. The molecule has 0 radical (unpaired) electrons. The summed E-state index contributed by atoms with van der Waals surface area (Å²) in [5.74, 6) is 0. The number of fused-ring (bicyclic) bond motifs is 1. The lowest BCUT2D eigenvalue weighted by molar-refractivity contribution is 0.149. The standard InChI is InChI=1S/C11H10F2N2/c12-11(13)10-7(5-14)6-15-9-4-2-1-3-8(9)10/h6,11H,1-4H2. The van der Waals surface area contributed by atoms with Crippen LogP contribution in [0.4, 0.5) is 8.78 Å². The van der Waals surface area contributed by atoms with Crippen molar-refractivity contribution in [3.8, 4) is 6.07 Å². The van der Waals surface area contributed by atoms with Crippen molar-refractivity contribution in [3.05, 3.63) is 28.6 Å². The monoisotopic (exact) mass is 208 g/mol. The molecule has 78 valence electrons. The Labute approximate surface area is 86.6 Å². The Morgan fingerprint density at radius 3 is 2.73 bits per heavy atom. The summed E-state index contributed by atoms with van der Waals surface area (Å²) in [4.78, 5) is 4.08. The number of aryl methyl sites for hydroxylation is 1. The predicted octanol–water partition coefficient (Wildman–Crippen LogP) is 2.77. The topological polar surface area (TPSA) is 36.7 Å². The number of nitriles is 1. The second-order valence-electron chi connectivity index (χ2n) is 3.63. The number of nitrogens with zero attached hydrogens (tertiary/aromatic N) is 2. The molecule has 15 heavy (non-hydrogen) atoms. The lowest BCUT2D eigenvalue weighted by Crippen LogP contribution is -2.10. The molecule has 0 amide bonds. The fourth-order valence-electron chi connectivity index (χ4n) is 2.03. The molecule has 0 saturated heterocycles. The van der Waals surface area contributed by atoms with Gasteiger partial charge in [0.05, 0.1) is 5.56 Å². The van der Waals surface area contributed by atoms with Crippen LogP contribution in [0.15, 0.2) is 6.20 Å². The summed E-state index contributed by atoms with van der Waals surface area (Å²) in [5.41, 5.74) is 1.28. The van der Waals surface area contributed by atoms with Crippen molar-refractivity contribution >= 4 is 0 Å². The fraction of sp³-hybridized carbons (Fsp3) is 0.455. The van der Waals surface area contributed by atoms with E-state index in [9.17, 15) is 8.78 Å². The average molecular weight is 208 g/mol. The number of rotatable bonds is 1. The molecule has 0 fully saturated rings. The highest BCUT2D eigenvalue weighted by molar-refractivity contribution is 5.44. The summed E-state index contributed by atoms with van der Waals surface area (Å²) < 4.78 is 25.6. The Balaban J connectivity index is 2.60. The van der Waals surface area contributed by atoms with E-state index >= 15 is 0 Å². The molecule has 0 unspecified atom stereocenters. The quantitative estimate of drug-likeness (QED) is 0.711. The van der Waals surface area contributed by atoms with Crippen LogP contribution in [-0.2, 0) is 12.8 Å². The zero-order chi connectivity index (χ0) is 10.8. The first-order chi connectivity index (χ1) is 7.24. The molecule has 0 aliphatic heterocycles. The number of alkyl halides is 2. The highest BCUT2D eigenvalue weighted by Gasteiger charge is 2.23. The molecule has 0 aromatic carbocycles. The van der Waals surface area contributed by atoms with Crippen molar-refractivity contribution in [3.63, 3.8) is 0 Å². The zero-order valence-electron chi connectivity index (χ0n) is 8.13. The number of pyridine rings is 1. The second kappa shape index (κ2) is 3.93. The van der Waals surface area contributed by atoms with Crippen LogP contribution in [0.3, 0.4) is 0 Å². The maximum absolute atomic E-state index is 12.8. The van der Waals surface area contributed by atoms with Crippen molar-refractivity contribution in [2.75, 3.05) is 0 Å². The molecule has 1 aromatic rings. The maximum Gasteiger partial charge on any atom is 0.265 e. The lowest BCUT2D eigenvalue weighted by Gasteiger charge is -2.18. The minimum Gasteiger partial charge on any atom is -0.260 e. The van der Waals surface area contributed by atoms with Crippen molar-refractivity contribution in [1.82, 2.24) is 4.98 Å². The Bertz CT molecular complexity index is 421. The molecule has 1 heterocycles. The largest absolute Gasteiger partial charge is 0.265 e. The molecule has 1 aliphatic rings. The Morgan fingerprint density at radius 1 is 1.33 bits per heavy atom. The summed E-state index contributed by atoms with van der Waals surface area (Å²) >= 11 is 0. The molecule has 0 atom stereocenters. The van der Waals surface area contributed by atoms with Crippen LogP contribution in [0, 0.1) is 11.3 Å². The molecule has 0 bridgehead atoms. The van der Waals surface area contributed by atoms with E-state index in [2.05, 4.69) is 4.98 Å². The predicted molar refractivity (Wildman–Crippen MR) is 50.6 cm³/mol. The van der Waals surface area contributed by atoms with E-state index in [4.69, 9.17) is 5.26 Å². The molecule has 0 saturated carbocycles. The van der Waals surface area contributed by atoms with Gasteiger partial charge in [-0.25, -0.2) is 8.78 Å². The molecule has 0 N–H and O–H groups in total. The van der Waals surface area contributed by atoms with E-state index in [1.165, 1.54) is 6.20 Å². The third kappa shape index (κ3) is 1.70. The Morgan fingerprint density at radius 2 is 2.07 bits per heavy atom. The molecule has 4 heteroatoms. The average Bonchev–Trinajstić information content (AvgIpc) is 2.27. The van der Waals surface area contributed by atoms with Gasteiger partial charge in [-0.3, -0.25) is 4.98 Å². The first-order valence-electron chi connectivity index (χ1n) is 4.93. The van der Waals surface area contributed by atoms with Gasteiger partial charge in [0.1, 0.15) is 6.07 Å². The van der Waals surface area contributed by atoms with Crippen LogP contribution >= 0.6 is 0 Å². The van der Waals surface area contributed by atoms with E-state index < -0.39 is 6.43 Å². The van der Waals surface area contributed by atoms with Gasteiger partial charge in [0, 0.05) is 17.5 Å². The summed E-state index contributed by atoms with van der Waals surface area (Å²) in [6.07, 6.45) is 1.97. The summed E-state index contributed by atoms with van der Waals surface area (Å²) in [5, 5.41) is 8.75. The Kier molecular flexibility index (Phi) is 2.63. The van der Waals surface area contributed by atoms with Crippen LogP contribution < -0.4 is 0 Å². The van der Waals surface area contributed by atoms with Gasteiger partial charge in [0.2, 0.25) is 0 Å². The highest BCUT2D eigenvalue weighted by Crippen LogP contribution is 2.31. The first kappa shape index (κ1) is 10.0. The number of hydrogen-bond donors (Lipinski definition) is 0. The van der Waals surface area contributed by atoms with Gasteiger partial charge in [-0.05, 0) is 31.2 Å². The van der Waals surface area contributed by atoms with E-state index in [1.54, 1.807) is 6.07 Å². The molecule has 2 nitrogen and oxygen atoms in total. The van der Waals surface area contributed by atoms with E-state index in [0.29, 0.717) is 12.0 Å². The fourth-order valence-corrected chi connectivity index (χ4v) is 2.03. The minimum atomic E-state index is -2.57. The summed E-state index contributed by atoms with van der Waals surface area (Å²) in [6.45, 7) is 0. The second-order valence-corrected chi connectivity index (χ2v) is 3.63. The molecule has 0 spiro atoms. The summed E-state index contributed by atoms with van der Waals surface area (Å²) in [6, 6.07) is 1.78. The first-order valence-corrected chi connectivity index (χ1v) is 4.93. The van der Waals surface area contributed by atoms with Crippen LogP contribution in [0.1, 0.15) is 41.7 Å². The van der Waals surface area contributed by atoms with Gasteiger partial charge in [-0.15, -0.1) is 0 Å². The third-order valence-corrected chi connectivity index (χ3v) is 2.74. The van der Waals surface area contributed by atoms with Crippen LogP contribution in [0.25, 0.3) is 0 Å². The molecular formula is C11H10F2N2. The van der Waals surface area contributed by atoms with Gasteiger partial charge < -0.3 is 0 Å². The molecule has 2 rings (SSSR count). The molecular weight excluding hydrogens is 198 g/mol. The van der Waals surface area contributed by atoms with Crippen molar-refractivity contribution in [2.24, 2.45) is 0 Å². The van der Waals surface area contributed by atoms with Crippen LogP contribution in [0.2, 0.25) is 0 Å². The SMILES string of the molecule is N#Cc1cnc2c(c1C(F)F)CCCC2. The number of hydrogen-bond acceptors (Lipinski definition) is 2. The van der Waals surface area contributed by atoms with E-state index in [0.717, 1.165) is 25.0 Å². The van der Waals surface area contributed by atoms with Gasteiger partial charge in [0.25, 0.3) is 6.43 Å². The van der Waals surface area contributed by atoms with Gasteiger partial charge >= 0.3 is 0 Å². The normalized spacial score (nSPS) is 14.8. The number of aromatic nitrogens is 1. The van der Waals surface area contributed by atoms with Crippen molar-refractivity contribution in [2.45, 2.75) is 32.1 Å². The number of halogens is 2. The van der Waals surface area contributed by atoms with E-state index in [-0.39, 0.29) is 11.1 Å². The van der Waals surface area contributed by atoms with Crippen molar-refractivity contribution < 1.29 is 8.78 Å². The Hall–Kier alpha value is -1.50. The minimum absolute atomic E-state index is 0.0191. The van der Waals surface area contributed by atoms with Gasteiger partial charge in [-0.2, -0.15) is 5.26 Å². The van der Waals surface area contributed by atoms with Gasteiger partial charge in [0.15, 0.2) is 0 Å². The molecule has 1 aromatic heterocycles. The van der Waals surface area contributed by atoms with E-state index in [1.807, 2.05) is 0 Å². The van der Waals surface area contributed by atoms with Crippen molar-refractivity contribution in [1.29, 1.82) is 5.26 Å². The van der Waals surface area contributed by atoms with Crippen LogP contribution in [0.5, 0.6) is 0 Å². The maximum atomic E-state index is 12.8. The molecule has 1 aliphatic carbocycles. The lowest BCUT2D eigenvalue weighted by atomic mass is 9.90.